The van der Waals surface area contributed by atoms with Gasteiger partial charge in [-0.1, -0.05) is 24.1 Å². The lowest BCUT2D eigenvalue weighted by molar-refractivity contribution is -0.141. The third-order valence-corrected chi connectivity index (χ3v) is 4.76. The van der Waals surface area contributed by atoms with Gasteiger partial charge >= 0.3 is 6.18 Å². The molecule has 1 saturated carbocycles. The van der Waals surface area contributed by atoms with Crippen molar-refractivity contribution >= 4 is 29.1 Å². The van der Waals surface area contributed by atoms with Crippen molar-refractivity contribution in [3.8, 4) is 0 Å². The van der Waals surface area contributed by atoms with Crippen molar-refractivity contribution in [2.24, 2.45) is 5.92 Å². The number of benzene rings is 1. The average Bonchev–Trinajstić information content (AvgIpc) is 2.56. The van der Waals surface area contributed by atoms with Gasteiger partial charge in [0.15, 0.2) is 5.69 Å². The molecule has 1 amide bonds. The summed E-state index contributed by atoms with van der Waals surface area (Å²) in [6, 6.07) is 4.95. The van der Waals surface area contributed by atoms with Gasteiger partial charge in [-0.25, -0.2) is 9.97 Å². The maximum absolute atomic E-state index is 13.4. The average molecular weight is 399 g/mol. The van der Waals surface area contributed by atoms with Gasteiger partial charge in [-0.05, 0) is 43.4 Å². The van der Waals surface area contributed by atoms with Gasteiger partial charge in [0.05, 0.1) is 5.56 Å². The topological polar surface area (TPSA) is 66.9 Å². The van der Waals surface area contributed by atoms with E-state index in [0.717, 1.165) is 31.0 Å². The summed E-state index contributed by atoms with van der Waals surface area (Å²) in [5.41, 5.74) is -0.613. The van der Waals surface area contributed by atoms with E-state index in [-0.39, 0.29) is 5.95 Å². The first-order chi connectivity index (χ1) is 12.7. The Morgan fingerprint density at radius 2 is 2.07 bits per heavy atom. The monoisotopic (exact) mass is 398 g/mol. The highest BCUT2D eigenvalue weighted by Gasteiger charge is 2.38. The van der Waals surface area contributed by atoms with Crippen LogP contribution in [0.5, 0.6) is 0 Å². The van der Waals surface area contributed by atoms with E-state index < -0.39 is 23.3 Å². The number of carbonyl (C=O) groups excluding carboxylic acids is 1. The van der Waals surface area contributed by atoms with E-state index in [1.54, 1.807) is 25.1 Å². The molecule has 0 bridgehead atoms. The predicted molar refractivity (Wildman–Crippen MR) is 96.2 cm³/mol. The molecule has 0 spiro atoms. The van der Waals surface area contributed by atoms with Crippen LogP contribution in [0.25, 0.3) is 0 Å². The Morgan fingerprint density at radius 3 is 2.70 bits per heavy atom. The molecule has 2 N–H and O–H groups in total. The zero-order valence-electron chi connectivity index (χ0n) is 14.5. The third kappa shape index (κ3) is 4.68. The fraction of sp³-hybridized carbons (Fsp3) is 0.389. The largest absolute Gasteiger partial charge is 0.434 e. The number of nitrogens with zero attached hydrogens (tertiary/aromatic N) is 2. The first kappa shape index (κ1) is 19.4. The molecular weight excluding hydrogens is 381 g/mol. The van der Waals surface area contributed by atoms with Gasteiger partial charge < -0.3 is 10.6 Å². The number of aryl methyl sites for hydroxylation is 1. The lowest BCUT2D eigenvalue weighted by Gasteiger charge is -2.25. The SMILES string of the molecule is Cc1ccc(Cl)cc1Nc1ncc(C(=O)NCC2CCC2)c(C(F)(F)F)n1. The van der Waals surface area contributed by atoms with Crippen LogP contribution in [0.3, 0.4) is 0 Å². The second kappa shape index (κ2) is 7.72. The summed E-state index contributed by atoms with van der Waals surface area (Å²) >= 11 is 5.92. The number of nitrogens with one attached hydrogen (secondary N) is 2. The van der Waals surface area contributed by atoms with Crippen LogP contribution in [0.15, 0.2) is 24.4 Å². The molecule has 9 heteroatoms. The predicted octanol–water partition coefficient (Wildman–Crippen LogP) is 4.73. The van der Waals surface area contributed by atoms with E-state index in [4.69, 9.17) is 11.6 Å². The van der Waals surface area contributed by atoms with Gasteiger partial charge in [0.2, 0.25) is 5.95 Å². The molecule has 1 aliphatic rings. The molecule has 27 heavy (non-hydrogen) atoms. The molecule has 3 rings (SSSR count). The van der Waals surface area contributed by atoms with E-state index in [0.29, 0.717) is 23.2 Å². The Kier molecular flexibility index (Phi) is 5.55. The van der Waals surface area contributed by atoms with E-state index in [1.165, 1.54) is 0 Å². The van der Waals surface area contributed by atoms with E-state index in [2.05, 4.69) is 20.6 Å². The first-order valence-electron chi connectivity index (χ1n) is 8.49. The Morgan fingerprint density at radius 1 is 1.33 bits per heavy atom. The molecule has 0 radical (unpaired) electrons. The lowest BCUT2D eigenvalue weighted by atomic mass is 9.85. The number of hydrogen-bond donors (Lipinski definition) is 2. The number of alkyl halides is 3. The lowest BCUT2D eigenvalue weighted by Crippen LogP contribution is -2.33. The van der Waals surface area contributed by atoms with Crippen molar-refractivity contribution in [1.29, 1.82) is 0 Å². The van der Waals surface area contributed by atoms with Gasteiger partial charge in [-0.15, -0.1) is 0 Å². The van der Waals surface area contributed by atoms with Crippen LogP contribution in [-0.4, -0.2) is 22.4 Å². The van der Waals surface area contributed by atoms with Gasteiger partial charge in [-0.2, -0.15) is 13.2 Å². The molecule has 144 valence electrons. The van der Waals surface area contributed by atoms with Crippen LogP contribution < -0.4 is 10.6 Å². The van der Waals surface area contributed by atoms with Crippen molar-refractivity contribution in [3.05, 3.63) is 46.2 Å². The number of aromatic nitrogens is 2. The summed E-state index contributed by atoms with van der Waals surface area (Å²) in [5, 5.41) is 5.69. The van der Waals surface area contributed by atoms with Crippen molar-refractivity contribution in [2.45, 2.75) is 32.4 Å². The molecule has 0 aliphatic heterocycles. The second-order valence-corrected chi connectivity index (χ2v) is 6.98. The molecule has 1 aromatic heterocycles. The molecule has 5 nitrogen and oxygen atoms in total. The van der Waals surface area contributed by atoms with Crippen molar-refractivity contribution in [2.75, 3.05) is 11.9 Å². The maximum Gasteiger partial charge on any atom is 0.434 e. The Hall–Kier alpha value is -2.35. The fourth-order valence-electron chi connectivity index (χ4n) is 2.70. The zero-order valence-corrected chi connectivity index (χ0v) is 15.3. The Balaban J connectivity index is 1.85. The number of rotatable bonds is 5. The molecule has 0 saturated heterocycles. The minimum Gasteiger partial charge on any atom is -0.352 e. The van der Waals surface area contributed by atoms with Crippen molar-refractivity contribution in [3.63, 3.8) is 0 Å². The first-order valence-corrected chi connectivity index (χ1v) is 8.87. The minimum atomic E-state index is -4.79. The number of halogens is 4. The van der Waals surface area contributed by atoms with Crippen LogP contribution in [0, 0.1) is 12.8 Å². The van der Waals surface area contributed by atoms with Crippen LogP contribution in [0.1, 0.15) is 40.9 Å². The molecule has 1 fully saturated rings. The van der Waals surface area contributed by atoms with Gasteiger partial charge in [0.25, 0.3) is 5.91 Å². The van der Waals surface area contributed by atoms with Gasteiger partial charge in [0.1, 0.15) is 0 Å². The standard InChI is InChI=1S/C18H18ClF3N4O/c1-10-5-6-12(19)7-14(10)25-17-24-9-13(15(26-17)18(20,21)22)16(27)23-8-11-3-2-4-11/h5-7,9,11H,2-4,8H2,1H3,(H,23,27)(H,24,25,26). The molecule has 2 aromatic rings. The molecule has 0 unspecified atom stereocenters. The summed E-state index contributed by atoms with van der Waals surface area (Å²) in [4.78, 5) is 19.6. The van der Waals surface area contributed by atoms with Crippen molar-refractivity contribution in [1.82, 2.24) is 15.3 Å². The number of amides is 1. The van der Waals surface area contributed by atoms with Crippen LogP contribution in [0.2, 0.25) is 5.02 Å². The molecular formula is C18H18ClF3N4O. The molecule has 1 heterocycles. The van der Waals surface area contributed by atoms with E-state index in [1.807, 2.05) is 0 Å². The number of hydrogen-bond acceptors (Lipinski definition) is 4. The maximum atomic E-state index is 13.4. The van der Waals surface area contributed by atoms with Crippen molar-refractivity contribution < 1.29 is 18.0 Å². The Labute approximate surface area is 159 Å². The van der Waals surface area contributed by atoms with Crippen LogP contribution >= 0.6 is 11.6 Å². The highest BCUT2D eigenvalue weighted by atomic mass is 35.5. The highest BCUT2D eigenvalue weighted by Crippen LogP contribution is 2.32. The Bertz CT molecular complexity index is 853. The van der Waals surface area contributed by atoms with Gasteiger partial charge in [-0.3, -0.25) is 4.79 Å². The smallest absolute Gasteiger partial charge is 0.352 e. The molecule has 1 aromatic carbocycles. The summed E-state index contributed by atoms with van der Waals surface area (Å²) in [6.07, 6.45) is -0.851. The van der Waals surface area contributed by atoms with E-state index in [9.17, 15) is 18.0 Å². The summed E-state index contributed by atoms with van der Waals surface area (Å²) in [7, 11) is 0. The van der Waals surface area contributed by atoms with Crippen LogP contribution in [-0.2, 0) is 6.18 Å². The molecule has 1 aliphatic carbocycles. The quantitative estimate of drug-likeness (QED) is 0.764. The van der Waals surface area contributed by atoms with Crippen LogP contribution in [0.4, 0.5) is 24.8 Å². The second-order valence-electron chi connectivity index (χ2n) is 6.54. The summed E-state index contributed by atoms with van der Waals surface area (Å²) in [5.74, 6) is -0.751. The third-order valence-electron chi connectivity index (χ3n) is 4.52. The normalized spacial score (nSPS) is 14.6. The number of anilines is 2. The highest BCUT2D eigenvalue weighted by molar-refractivity contribution is 6.30. The zero-order chi connectivity index (χ0) is 19.6. The van der Waals surface area contributed by atoms with E-state index >= 15 is 0 Å². The van der Waals surface area contributed by atoms with Gasteiger partial charge in [0, 0.05) is 23.5 Å². The molecule has 0 atom stereocenters. The fourth-order valence-corrected chi connectivity index (χ4v) is 2.87. The summed E-state index contributed by atoms with van der Waals surface area (Å²) in [6.45, 7) is 2.13. The minimum absolute atomic E-state index is 0.261. The number of carbonyl (C=O) groups is 1. The summed E-state index contributed by atoms with van der Waals surface area (Å²) < 4.78 is 40.3.